The maximum Gasteiger partial charge on any atom is 0.112 e. The third-order valence-corrected chi connectivity index (χ3v) is 3.33. The number of benzene rings is 2. The molecule has 5 N–H and O–H groups in total. The smallest absolute Gasteiger partial charge is 0.112 e. The van der Waals surface area contributed by atoms with Gasteiger partial charge in [0.05, 0.1) is 5.69 Å². The van der Waals surface area contributed by atoms with Crippen molar-refractivity contribution in [2.24, 2.45) is 11.5 Å². The van der Waals surface area contributed by atoms with E-state index in [1.807, 2.05) is 61.5 Å². The molecule has 0 aliphatic heterocycles. The Balaban J connectivity index is 2.03. The molecule has 0 radical (unpaired) electrons. The van der Waals surface area contributed by atoms with Gasteiger partial charge in [-0.15, -0.1) is 0 Å². The fraction of sp³-hybridized carbons (Fsp3) is 0.294. The molecule has 21 heavy (non-hydrogen) atoms. The number of hydrogen-bond donors (Lipinski definition) is 3. The quantitative estimate of drug-likeness (QED) is 0.683. The highest BCUT2D eigenvalue weighted by Gasteiger charge is 2.11. The zero-order valence-corrected chi connectivity index (χ0v) is 12.3. The van der Waals surface area contributed by atoms with Crippen LogP contribution < -0.4 is 16.9 Å². The SMILES string of the molecule is CC(N)c1cccc(NOC(CCN)c2ccccc2)c1. The van der Waals surface area contributed by atoms with Gasteiger partial charge >= 0.3 is 0 Å². The average molecular weight is 285 g/mol. The molecule has 0 bridgehead atoms. The molecule has 4 nitrogen and oxygen atoms in total. The van der Waals surface area contributed by atoms with E-state index in [1.54, 1.807) is 0 Å². The molecule has 0 saturated heterocycles. The van der Waals surface area contributed by atoms with Crippen molar-refractivity contribution in [2.75, 3.05) is 12.0 Å². The van der Waals surface area contributed by atoms with E-state index < -0.39 is 0 Å². The second-order valence-corrected chi connectivity index (χ2v) is 5.11. The molecule has 2 atom stereocenters. The van der Waals surface area contributed by atoms with E-state index >= 15 is 0 Å². The number of anilines is 1. The first-order chi connectivity index (χ1) is 10.2. The van der Waals surface area contributed by atoms with E-state index in [9.17, 15) is 0 Å². The second-order valence-electron chi connectivity index (χ2n) is 5.11. The molecule has 0 aromatic heterocycles. The zero-order chi connectivity index (χ0) is 15.1. The summed E-state index contributed by atoms with van der Waals surface area (Å²) < 4.78 is 0. The fourth-order valence-electron chi connectivity index (χ4n) is 2.14. The summed E-state index contributed by atoms with van der Waals surface area (Å²) in [4.78, 5) is 5.82. The van der Waals surface area contributed by atoms with E-state index in [4.69, 9.17) is 16.3 Å². The lowest BCUT2D eigenvalue weighted by Crippen LogP contribution is -2.14. The molecule has 0 saturated carbocycles. The van der Waals surface area contributed by atoms with Gasteiger partial charge in [-0.1, -0.05) is 42.5 Å². The van der Waals surface area contributed by atoms with Crippen molar-refractivity contribution in [2.45, 2.75) is 25.5 Å². The van der Waals surface area contributed by atoms with E-state index in [0.29, 0.717) is 6.54 Å². The normalized spacial score (nSPS) is 13.7. The van der Waals surface area contributed by atoms with Gasteiger partial charge < -0.3 is 11.5 Å². The molecule has 0 aliphatic rings. The van der Waals surface area contributed by atoms with Gasteiger partial charge in [0, 0.05) is 6.04 Å². The van der Waals surface area contributed by atoms with Crippen LogP contribution >= 0.6 is 0 Å². The first-order valence-corrected chi connectivity index (χ1v) is 7.23. The number of rotatable bonds is 7. The monoisotopic (exact) mass is 285 g/mol. The Kier molecular flexibility index (Phi) is 5.75. The van der Waals surface area contributed by atoms with E-state index in [2.05, 4.69) is 5.48 Å². The van der Waals surface area contributed by atoms with Crippen molar-refractivity contribution in [1.29, 1.82) is 0 Å². The molecule has 0 spiro atoms. The molecule has 0 amide bonds. The highest BCUT2D eigenvalue weighted by molar-refractivity contribution is 5.44. The van der Waals surface area contributed by atoms with Crippen molar-refractivity contribution >= 4 is 5.69 Å². The summed E-state index contributed by atoms with van der Waals surface area (Å²) in [6.45, 7) is 2.53. The van der Waals surface area contributed by atoms with Crippen LogP contribution in [-0.4, -0.2) is 6.54 Å². The summed E-state index contributed by atoms with van der Waals surface area (Å²) in [6, 6.07) is 18.0. The third-order valence-electron chi connectivity index (χ3n) is 3.33. The molecule has 2 unspecified atom stereocenters. The van der Waals surface area contributed by atoms with Gasteiger partial charge in [-0.25, -0.2) is 0 Å². The molecular weight excluding hydrogens is 262 g/mol. The lowest BCUT2D eigenvalue weighted by Gasteiger charge is -2.19. The van der Waals surface area contributed by atoms with Crippen LogP contribution in [0.1, 0.15) is 36.6 Å². The van der Waals surface area contributed by atoms with Crippen molar-refractivity contribution in [3.8, 4) is 0 Å². The van der Waals surface area contributed by atoms with Gasteiger partial charge in [-0.3, -0.25) is 10.3 Å². The Hall–Kier alpha value is -1.88. The first kappa shape index (κ1) is 15.5. The molecule has 2 rings (SSSR count). The maximum absolute atomic E-state index is 5.89. The van der Waals surface area contributed by atoms with Crippen LogP contribution in [0.4, 0.5) is 5.69 Å². The van der Waals surface area contributed by atoms with Crippen LogP contribution in [0.15, 0.2) is 54.6 Å². The lowest BCUT2D eigenvalue weighted by molar-refractivity contribution is 0.0947. The Morgan fingerprint density at radius 2 is 1.76 bits per heavy atom. The van der Waals surface area contributed by atoms with Crippen LogP contribution in [0.2, 0.25) is 0 Å². The molecule has 0 aliphatic carbocycles. The van der Waals surface area contributed by atoms with Crippen LogP contribution in [0.25, 0.3) is 0 Å². The minimum Gasteiger partial charge on any atom is -0.330 e. The van der Waals surface area contributed by atoms with Gasteiger partial charge in [0.15, 0.2) is 0 Å². The topological polar surface area (TPSA) is 73.3 Å². The van der Waals surface area contributed by atoms with Crippen LogP contribution in [0.3, 0.4) is 0 Å². The molecule has 2 aromatic carbocycles. The van der Waals surface area contributed by atoms with Crippen molar-refractivity contribution in [1.82, 2.24) is 0 Å². The summed E-state index contributed by atoms with van der Waals surface area (Å²) >= 11 is 0. The predicted octanol–water partition coefficient (Wildman–Crippen LogP) is 3.14. The number of nitrogens with one attached hydrogen (secondary N) is 1. The molecule has 4 heteroatoms. The van der Waals surface area contributed by atoms with Crippen molar-refractivity contribution in [3.05, 3.63) is 65.7 Å². The highest BCUT2D eigenvalue weighted by atomic mass is 16.7. The van der Waals surface area contributed by atoms with Gasteiger partial charge in [0.25, 0.3) is 0 Å². The van der Waals surface area contributed by atoms with Gasteiger partial charge in [-0.2, -0.15) is 0 Å². The van der Waals surface area contributed by atoms with E-state index in [-0.39, 0.29) is 12.1 Å². The number of hydrogen-bond acceptors (Lipinski definition) is 4. The molecule has 0 heterocycles. The third kappa shape index (κ3) is 4.56. The summed E-state index contributed by atoms with van der Waals surface area (Å²) in [6.07, 6.45) is 0.680. The summed E-state index contributed by atoms with van der Waals surface area (Å²) in [5, 5.41) is 0. The van der Waals surface area contributed by atoms with Gasteiger partial charge in [0.2, 0.25) is 0 Å². The summed E-state index contributed by atoms with van der Waals surface area (Å²) in [5.41, 5.74) is 17.6. The standard InChI is InChI=1S/C17H23N3O/c1-13(19)15-8-5-9-16(12-15)20-21-17(10-11-18)14-6-3-2-4-7-14/h2-9,12-13,17,20H,10-11,18-19H2,1H3. The van der Waals surface area contributed by atoms with Crippen molar-refractivity contribution < 1.29 is 4.84 Å². The van der Waals surface area contributed by atoms with E-state index in [0.717, 1.165) is 23.2 Å². The Morgan fingerprint density at radius 3 is 2.43 bits per heavy atom. The molecule has 112 valence electrons. The predicted molar refractivity (Wildman–Crippen MR) is 86.6 cm³/mol. The molecular formula is C17H23N3O. The van der Waals surface area contributed by atoms with Crippen LogP contribution in [-0.2, 0) is 4.84 Å². The van der Waals surface area contributed by atoms with Gasteiger partial charge in [-0.05, 0) is 43.1 Å². The summed E-state index contributed by atoms with van der Waals surface area (Å²) in [7, 11) is 0. The van der Waals surface area contributed by atoms with E-state index in [1.165, 1.54) is 0 Å². The van der Waals surface area contributed by atoms with Gasteiger partial charge in [0.1, 0.15) is 6.10 Å². The minimum absolute atomic E-state index is 0.000659. The molecule has 2 aromatic rings. The first-order valence-electron chi connectivity index (χ1n) is 7.23. The second kappa shape index (κ2) is 7.78. The average Bonchev–Trinajstić information content (AvgIpc) is 2.52. The Labute approximate surface area is 126 Å². The minimum atomic E-state index is -0.0739. The largest absolute Gasteiger partial charge is 0.330 e. The fourth-order valence-corrected chi connectivity index (χ4v) is 2.14. The summed E-state index contributed by atoms with van der Waals surface area (Å²) in [5.74, 6) is 0. The van der Waals surface area contributed by atoms with Crippen LogP contribution in [0.5, 0.6) is 0 Å². The Morgan fingerprint density at radius 1 is 1.05 bits per heavy atom. The van der Waals surface area contributed by atoms with Crippen molar-refractivity contribution in [3.63, 3.8) is 0 Å². The molecule has 0 fully saturated rings. The maximum atomic E-state index is 5.89. The Bertz CT molecular complexity index is 543. The highest BCUT2D eigenvalue weighted by Crippen LogP contribution is 2.22. The lowest BCUT2D eigenvalue weighted by atomic mass is 10.1. The van der Waals surface area contributed by atoms with Crippen LogP contribution in [0, 0.1) is 0 Å². The zero-order valence-electron chi connectivity index (χ0n) is 12.3. The number of nitrogens with two attached hydrogens (primary N) is 2.